The second-order valence-corrected chi connectivity index (χ2v) is 7.93. The molecular formula is C23H19P. The summed E-state index contributed by atoms with van der Waals surface area (Å²) in [6, 6.07) is 28.0. The molecule has 24 heavy (non-hydrogen) atoms. The summed E-state index contributed by atoms with van der Waals surface area (Å²) in [6.45, 7) is 0. The van der Waals surface area contributed by atoms with Gasteiger partial charge in [-0.2, -0.15) is 0 Å². The van der Waals surface area contributed by atoms with Crippen molar-refractivity contribution in [3.05, 3.63) is 115 Å². The monoisotopic (exact) mass is 327 g/mol. The van der Waals surface area contributed by atoms with Crippen molar-refractivity contribution in [1.82, 2.24) is 0 Å². The maximum Gasteiger partial charge on any atom is 0.0630 e. The third-order valence-corrected chi connectivity index (χ3v) is 6.69. The van der Waals surface area contributed by atoms with E-state index in [9.17, 15) is 0 Å². The van der Waals surface area contributed by atoms with Crippen LogP contribution in [-0.4, -0.2) is 0 Å². The average molecular weight is 327 g/mol. The summed E-state index contributed by atoms with van der Waals surface area (Å²) < 4.78 is 8.67. The van der Waals surface area contributed by atoms with E-state index in [2.05, 4.69) is 91.0 Å². The predicted octanol–water partition coefficient (Wildman–Crippen LogP) is 4.65. The molecule has 3 aromatic carbocycles. The Labute approximate surface area is 146 Å². The Balaban J connectivity index is 1.95. The first kappa shape index (κ1) is 14.0. The fourth-order valence-corrected chi connectivity index (χ4v) is 5.54. The molecule has 1 heteroatoms. The smallest absolute Gasteiger partial charge is 0.0630 e. The molecule has 1 aliphatic rings. The lowest BCUT2D eigenvalue weighted by Gasteiger charge is -2.23. The van der Waals surface area contributed by atoms with E-state index in [4.69, 9.17) is 1.37 Å². The van der Waals surface area contributed by atoms with Crippen LogP contribution in [0.25, 0.3) is 0 Å². The summed E-state index contributed by atoms with van der Waals surface area (Å²) >= 11 is 0. The van der Waals surface area contributed by atoms with E-state index in [1.54, 1.807) is 0 Å². The normalized spacial score (nSPS) is 14.3. The zero-order valence-corrected chi connectivity index (χ0v) is 14.2. The molecule has 0 atom stereocenters. The molecule has 0 aliphatic heterocycles. The van der Waals surface area contributed by atoms with E-state index in [1.165, 1.54) is 16.2 Å². The number of benzene rings is 3. The van der Waals surface area contributed by atoms with Crippen LogP contribution >= 0.6 is 7.92 Å². The molecule has 0 radical (unpaired) electrons. The lowest BCUT2D eigenvalue weighted by atomic mass is 10.0. The molecule has 0 bridgehead atoms. The zero-order valence-electron chi connectivity index (χ0n) is 14.3. The summed E-state index contributed by atoms with van der Waals surface area (Å²) in [5.41, 5.74) is 1.25. The number of rotatable bonds is 4. The van der Waals surface area contributed by atoms with Gasteiger partial charge in [0.1, 0.15) is 0 Å². The molecule has 0 fully saturated rings. The second kappa shape index (κ2) is 6.99. The van der Waals surface area contributed by atoms with Gasteiger partial charge in [-0.3, -0.25) is 0 Å². The minimum atomic E-state index is -0.759. The lowest BCUT2D eigenvalue weighted by Crippen LogP contribution is -2.23. The molecule has 0 unspecified atom stereocenters. The molecule has 0 amide bonds. The van der Waals surface area contributed by atoms with Gasteiger partial charge in [-0.25, -0.2) is 0 Å². The van der Waals surface area contributed by atoms with Crippen molar-refractivity contribution in [1.29, 1.82) is 0 Å². The van der Waals surface area contributed by atoms with E-state index in [0.29, 0.717) is 6.04 Å². The van der Waals surface area contributed by atoms with Gasteiger partial charge in [0.2, 0.25) is 0 Å². The Hall–Kier alpha value is -2.43. The van der Waals surface area contributed by atoms with Gasteiger partial charge >= 0.3 is 0 Å². The van der Waals surface area contributed by atoms with Gasteiger partial charge in [0.05, 0.1) is 1.37 Å². The number of hydrogen-bond acceptors (Lipinski definition) is 0. The van der Waals surface area contributed by atoms with E-state index in [0.717, 1.165) is 5.30 Å². The van der Waals surface area contributed by atoms with E-state index >= 15 is 0 Å². The third kappa shape index (κ3) is 2.98. The Morgan fingerprint density at radius 3 is 1.79 bits per heavy atom. The minimum Gasteiger partial charge on any atom is -0.0732 e. The highest BCUT2D eigenvalue weighted by Crippen LogP contribution is 2.36. The van der Waals surface area contributed by atoms with E-state index in [1.807, 2.05) is 12.1 Å². The largest absolute Gasteiger partial charge is 0.0732 e. The van der Waals surface area contributed by atoms with Crippen LogP contribution in [0.1, 0.15) is 12.9 Å². The van der Waals surface area contributed by atoms with Crippen molar-refractivity contribution in [3.8, 4) is 0 Å². The Morgan fingerprint density at radius 1 is 0.667 bits per heavy atom. The summed E-state index contributed by atoms with van der Waals surface area (Å²) in [5.74, 6) is 0.262. The molecule has 4 rings (SSSR count). The first-order valence-electron chi connectivity index (χ1n) is 8.69. The molecule has 0 nitrogen and oxygen atoms in total. The molecular weight excluding hydrogens is 307 g/mol. The van der Waals surface area contributed by atoms with Crippen molar-refractivity contribution in [3.63, 3.8) is 0 Å². The van der Waals surface area contributed by atoms with Crippen molar-refractivity contribution in [2.24, 2.45) is 0 Å². The molecule has 3 aromatic rings. The first-order chi connectivity index (χ1) is 12.3. The second-order valence-electron chi connectivity index (χ2n) is 5.78. The standard InChI is InChI=1S/C23H19P/c1-3-13-20(14-4-1)24(21-15-5-2-6-16-21)23-18-10-9-17-22(23)19-11-7-8-12-19/h1-19H/i18D. The molecule has 0 saturated carbocycles. The van der Waals surface area contributed by atoms with Crippen molar-refractivity contribution in [2.45, 2.75) is 5.92 Å². The van der Waals surface area contributed by atoms with Crippen LogP contribution in [0.2, 0.25) is 0 Å². The Bertz CT molecular complexity index is 862. The van der Waals surface area contributed by atoms with Gasteiger partial charge in [0.25, 0.3) is 0 Å². The zero-order chi connectivity index (χ0) is 17.1. The SMILES string of the molecule is [2H]c1cccc(C2C=CC=C2)c1P(c1ccccc1)c1ccccc1. The van der Waals surface area contributed by atoms with Crippen LogP contribution in [0.5, 0.6) is 0 Å². The van der Waals surface area contributed by atoms with Crippen LogP contribution in [0, 0.1) is 0 Å². The van der Waals surface area contributed by atoms with Gasteiger partial charge in [-0.1, -0.05) is 109 Å². The molecule has 0 saturated heterocycles. The summed E-state index contributed by atoms with van der Waals surface area (Å²) in [6.07, 6.45) is 8.61. The number of allylic oxidation sites excluding steroid dienone is 4. The summed E-state index contributed by atoms with van der Waals surface area (Å²) in [4.78, 5) is 0. The van der Waals surface area contributed by atoms with Crippen molar-refractivity contribution in [2.75, 3.05) is 0 Å². The Kier molecular flexibility index (Phi) is 4.07. The van der Waals surface area contributed by atoms with Gasteiger partial charge in [0, 0.05) is 5.92 Å². The maximum absolute atomic E-state index is 8.67. The van der Waals surface area contributed by atoms with Crippen LogP contribution in [0.4, 0.5) is 0 Å². The highest BCUT2D eigenvalue weighted by molar-refractivity contribution is 7.79. The fraction of sp³-hybridized carbons (Fsp3) is 0.0435. The van der Waals surface area contributed by atoms with Crippen LogP contribution < -0.4 is 15.9 Å². The van der Waals surface area contributed by atoms with Gasteiger partial charge in [-0.15, -0.1) is 0 Å². The molecule has 0 spiro atoms. The lowest BCUT2D eigenvalue weighted by molar-refractivity contribution is 1.12. The third-order valence-electron chi connectivity index (χ3n) is 4.23. The minimum absolute atomic E-state index is 0.262. The first-order valence-corrected chi connectivity index (χ1v) is 9.53. The molecule has 0 aromatic heterocycles. The maximum atomic E-state index is 8.67. The fourth-order valence-electron chi connectivity index (χ4n) is 3.10. The van der Waals surface area contributed by atoms with Crippen molar-refractivity contribution >= 4 is 23.8 Å². The highest BCUT2D eigenvalue weighted by Gasteiger charge is 2.21. The topological polar surface area (TPSA) is 0 Å². The average Bonchev–Trinajstić information content (AvgIpc) is 3.20. The summed E-state index contributed by atoms with van der Waals surface area (Å²) in [7, 11) is -0.759. The van der Waals surface area contributed by atoms with Crippen LogP contribution in [0.15, 0.2) is 109 Å². The van der Waals surface area contributed by atoms with Crippen LogP contribution in [0.3, 0.4) is 0 Å². The number of hydrogen-bond donors (Lipinski definition) is 0. The Morgan fingerprint density at radius 2 is 1.21 bits per heavy atom. The highest BCUT2D eigenvalue weighted by atomic mass is 31.1. The van der Waals surface area contributed by atoms with Gasteiger partial charge in [0.15, 0.2) is 0 Å². The molecule has 0 heterocycles. The molecule has 116 valence electrons. The van der Waals surface area contributed by atoms with Gasteiger partial charge < -0.3 is 0 Å². The predicted molar refractivity (Wildman–Crippen MR) is 106 cm³/mol. The quantitative estimate of drug-likeness (QED) is 0.612. The van der Waals surface area contributed by atoms with Crippen LogP contribution in [-0.2, 0) is 0 Å². The van der Waals surface area contributed by atoms with Gasteiger partial charge in [-0.05, 0) is 29.4 Å². The van der Waals surface area contributed by atoms with E-state index < -0.39 is 7.92 Å². The summed E-state index contributed by atoms with van der Waals surface area (Å²) in [5, 5.41) is 3.74. The van der Waals surface area contributed by atoms with E-state index in [-0.39, 0.29) is 5.92 Å². The van der Waals surface area contributed by atoms with Crippen molar-refractivity contribution < 1.29 is 1.37 Å². The molecule has 0 N–H and O–H groups in total. The molecule has 1 aliphatic carbocycles.